The highest BCUT2D eigenvalue weighted by Crippen LogP contribution is 2.54. The highest BCUT2D eigenvalue weighted by atomic mass is 32.7. The fraction of sp³-hybridized carbons (Fsp3) is 0.667. The molecule has 0 saturated heterocycles. The molecule has 0 aromatic carbocycles. The Balaban J connectivity index is 3.80. The standard InChI is InChI=1S/C9H17O2PS3/c1-5-8(10)14-6-7-15-9(2,3)12(11)13-4/h5,12H,1,6-7H2,2-4H3. The van der Waals surface area contributed by atoms with E-state index in [1.54, 1.807) is 11.8 Å². The topological polar surface area (TPSA) is 34.1 Å². The van der Waals surface area contributed by atoms with Crippen molar-refractivity contribution < 1.29 is 9.36 Å². The van der Waals surface area contributed by atoms with E-state index in [0.717, 1.165) is 11.5 Å². The summed E-state index contributed by atoms with van der Waals surface area (Å²) in [5, 5.41) is 0.00549. The molecule has 0 N–H and O–H groups in total. The van der Waals surface area contributed by atoms with Crippen LogP contribution in [-0.2, 0) is 9.36 Å². The van der Waals surface area contributed by atoms with Crippen molar-refractivity contribution in [2.24, 2.45) is 0 Å². The van der Waals surface area contributed by atoms with Crippen LogP contribution < -0.4 is 0 Å². The molecule has 0 aromatic heterocycles. The van der Waals surface area contributed by atoms with Gasteiger partial charge in [-0.2, -0.15) is 0 Å². The molecular weight excluding hydrogens is 267 g/mol. The minimum atomic E-state index is -1.60. The van der Waals surface area contributed by atoms with Crippen molar-refractivity contribution in [3.63, 3.8) is 0 Å². The summed E-state index contributed by atoms with van der Waals surface area (Å²) in [4.78, 5) is 10.9. The Kier molecular flexibility index (Phi) is 8.24. The number of carbonyl (C=O) groups excluding carboxylic acids is 1. The molecule has 1 atom stereocenters. The minimum Gasteiger partial charge on any atom is -0.314 e. The van der Waals surface area contributed by atoms with Crippen molar-refractivity contribution in [1.29, 1.82) is 0 Å². The largest absolute Gasteiger partial charge is 0.314 e. The van der Waals surface area contributed by atoms with Gasteiger partial charge in [-0.3, -0.25) is 4.79 Å². The lowest BCUT2D eigenvalue weighted by atomic mass is 10.5. The van der Waals surface area contributed by atoms with Gasteiger partial charge in [-0.15, -0.1) is 23.1 Å². The first kappa shape index (κ1) is 15.7. The molecular formula is C9H17O2PS3. The third-order valence-corrected chi connectivity index (χ3v) is 9.26. The maximum atomic E-state index is 11.7. The van der Waals surface area contributed by atoms with Crippen LogP contribution in [0.5, 0.6) is 0 Å². The lowest BCUT2D eigenvalue weighted by Crippen LogP contribution is -2.09. The molecule has 6 heteroatoms. The molecule has 0 radical (unpaired) electrons. The zero-order chi connectivity index (χ0) is 11.9. The van der Waals surface area contributed by atoms with Crippen LogP contribution in [0.2, 0.25) is 0 Å². The fourth-order valence-corrected chi connectivity index (χ4v) is 6.32. The van der Waals surface area contributed by atoms with Gasteiger partial charge in [0.15, 0.2) is 0 Å². The normalized spacial score (nSPS) is 13.5. The average Bonchev–Trinajstić information content (AvgIpc) is 2.22. The molecule has 0 amide bonds. The summed E-state index contributed by atoms with van der Waals surface area (Å²) in [6, 6.07) is 0. The Morgan fingerprint density at radius 1 is 1.47 bits per heavy atom. The van der Waals surface area contributed by atoms with Gasteiger partial charge in [-0.05, 0) is 26.2 Å². The maximum Gasteiger partial charge on any atom is 0.211 e. The van der Waals surface area contributed by atoms with E-state index < -0.39 is 7.00 Å². The second kappa shape index (κ2) is 7.88. The summed E-state index contributed by atoms with van der Waals surface area (Å²) in [5.74, 6) is 1.59. The Morgan fingerprint density at radius 3 is 2.53 bits per heavy atom. The second-order valence-electron chi connectivity index (χ2n) is 3.22. The van der Waals surface area contributed by atoms with Gasteiger partial charge in [0.05, 0.1) is 4.49 Å². The van der Waals surface area contributed by atoms with Gasteiger partial charge < -0.3 is 4.57 Å². The summed E-state index contributed by atoms with van der Waals surface area (Å²) in [6.45, 7) is 7.40. The summed E-state index contributed by atoms with van der Waals surface area (Å²) < 4.78 is 11.5. The molecule has 0 aliphatic heterocycles. The lowest BCUT2D eigenvalue weighted by Gasteiger charge is -2.21. The van der Waals surface area contributed by atoms with Crippen LogP contribution in [-0.4, -0.2) is 27.4 Å². The first-order valence-electron chi connectivity index (χ1n) is 4.45. The lowest BCUT2D eigenvalue weighted by molar-refractivity contribution is -0.107. The van der Waals surface area contributed by atoms with Gasteiger partial charge in [0.1, 0.15) is 7.00 Å². The van der Waals surface area contributed by atoms with E-state index in [1.165, 1.54) is 29.2 Å². The summed E-state index contributed by atoms with van der Waals surface area (Å²) >= 11 is 4.37. The van der Waals surface area contributed by atoms with E-state index in [4.69, 9.17) is 0 Å². The van der Waals surface area contributed by atoms with Gasteiger partial charge in [0, 0.05) is 11.5 Å². The summed E-state index contributed by atoms with van der Waals surface area (Å²) in [5.41, 5.74) is 0. The molecule has 2 nitrogen and oxygen atoms in total. The Morgan fingerprint density at radius 2 is 2.07 bits per heavy atom. The van der Waals surface area contributed by atoms with Crippen molar-refractivity contribution in [3.8, 4) is 0 Å². The van der Waals surface area contributed by atoms with Gasteiger partial charge in [0.2, 0.25) is 5.12 Å². The van der Waals surface area contributed by atoms with Crippen molar-refractivity contribution >= 4 is 47.0 Å². The molecule has 0 spiro atoms. The first-order valence-corrected chi connectivity index (χ1v) is 9.78. The molecule has 0 rings (SSSR count). The zero-order valence-corrected chi connectivity index (χ0v) is 12.7. The highest BCUT2D eigenvalue weighted by molar-refractivity contribution is 8.53. The Hall–Kier alpha value is 0.690. The van der Waals surface area contributed by atoms with Crippen LogP contribution >= 0.6 is 41.9 Å². The van der Waals surface area contributed by atoms with Gasteiger partial charge in [-0.25, -0.2) is 0 Å². The quantitative estimate of drug-likeness (QED) is 0.404. The number of carbonyl (C=O) groups is 1. The predicted molar refractivity (Wildman–Crippen MR) is 76.7 cm³/mol. The Labute approximate surface area is 105 Å². The van der Waals surface area contributed by atoms with E-state index in [-0.39, 0.29) is 9.60 Å². The van der Waals surface area contributed by atoms with Gasteiger partial charge in [0.25, 0.3) is 0 Å². The molecule has 0 saturated carbocycles. The summed E-state index contributed by atoms with van der Waals surface area (Å²) in [6.07, 6.45) is 3.20. The highest BCUT2D eigenvalue weighted by Gasteiger charge is 2.25. The van der Waals surface area contributed by atoms with Crippen LogP contribution in [0.1, 0.15) is 13.8 Å². The maximum absolute atomic E-state index is 11.7. The van der Waals surface area contributed by atoms with Crippen molar-refractivity contribution in [1.82, 2.24) is 0 Å². The molecule has 88 valence electrons. The number of hydrogen-bond donors (Lipinski definition) is 0. The van der Waals surface area contributed by atoms with Gasteiger partial charge in [-0.1, -0.05) is 18.3 Å². The summed E-state index contributed by atoms with van der Waals surface area (Å²) in [7, 11) is -1.60. The predicted octanol–water partition coefficient (Wildman–Crippen LogP) is 3.74. The van der Waals surface area contributed by atoms with Crippen molar-refractivity contribution in [3.05, 3.63) is 12.7 Å². The van der Waals surface area contributed by atoms with E-state index in [9.17, 15) is 9.36 Å². The molecule has 0 aromatic rings. The molecule has 15 heavy (non-hydrogen) atoms. The minimum absolute atomic E-state index is 0.00549. The number of rotatable bonds is 7. The SMILES string of the molecule is C=CC(=O)SCCSC(C)(C)[PH](=O)SC. The van der Waals surface area contributed by atoms with E-state index >= 15 is 0 Å². The molecule has 0 heterocycles. The monoisotopic (exact) mass is 284 g/mol. The van der Waals surface area contributed by atoms with Crippen LogP contribution in [0.15, 0.2) is 12.7 Å². The van der Waals surface area contributed by atoms with Crippen LogP contribution in [0.3, 0.4) is 0 Å². The zero-order valence-electron chi connectivity index (χ0n) is 9.24. The molecule has 0 aliphatic carbocycles. The van der Waals surface area contributed by atoms with Crippen molar-refractivity contribution in [2.75, 3.05) is 17.8 Å². The van der Waals surface area contributed by atoms with Crippen LogP contribution in [0, 0.1) is 0 Å². The number of thioether (sulfide) groups is 2. The number of hydrogen-bond acceptors (Lipinski definition) is 5. The fourth-order valence-electron chi connectivity index (χ4n) is 0.803. The molecule has 1 unspecified atom stereocenters. The van der Waals surface area contributed by atoms with Crippen LogP contribution in [0.25, 0.3) is 0 Å². The second-order valence-corrected chi connectivity index (χ2v) is 11.0. The Bertz CT molecular complexity index is 254. The average molecular weight is 284 g/mol. The van der Waals surface area contributed by atoms with E-state index in [1.807, 2.05) is 20.1 Å². The van der Waals surface area contributed by atoms with E-state index in [0.29, 0.717) is 0 Å². The van der Waals surface area contributed by atoms with Gasteiger partial charge >= 0.3 is 0 Å². The van der Waals surface area contributed by atoms with E-state index in [2.05, 4.69) is 6.58 Å². The van der Waals surface area contributed by atoms with Crippen molar-refractivity contribution in [2.45, 2.75) is 18.3 Å². The molecule has 0 fully saturated rings. The third-order valence-electron chi connectivity index (χ3n) is 1.63. The van der Waals surface area contributed by atoms with Crippen LogP contribution in [0.4, 0.5) is 0 Å². The molecule has 0 bridgehead atoms. The smallest absolute Gasteiger partial charge is 0.211 e. The first-order chi connectivity index (χ1) is 6.94. The third kappa shape index (κ3) is 6.77. The molecule has 0 aliphatic rings.